The van der Waals surface area contributed by atoms with Gasteiger partial charge in [0.25, 0.3) is 0 Å². The molecule has 7 aromatic rings. The first kappa shape index (κ1) is 62.6. The Bertz CT molecular complexity index is 3350. The summed E-state index contributed by atoms with van der Waals surface area (Å²) >= 11 is 12.4. The molecule has 82 heavy (non-hydrogen) atoms. The maximum atomic E-state index is 13.3. The summed E-state index contributed by atoms with van der Waals surface area (Å²) in [7, 11) is -1.34. The second-order valence-corrected chi connectivity index (χ2v) is 23.3. The first-order valence-electron chi connectivity index (χ1n) is 27.6. The van der Waals surface area contributed by atoms with E-state index in [9.17, 15) is 28.5 Å². The molecule has 6 saturated heterocycles. The largest absolute Gasteiger partial charge is 0.497 e. The zero-order chi connectivity index (χ0) is 59.0. The average molecular weight is 1190 g/mol. The van der Waals surface area contributed by atoms with Gasteiger partial charge in [-0.15, -0.1) is 13.2 Å². The van der Waals surface area contributed by atoms with E-state index in [0.717, 1.165) is 115 Å². The van der Waals surface area contributed by atoms with Crippen molar-refractivity contribution in [3.8, 4) is 11.5 Å². The van der Waals surface area contributed by atoms with E-state index in [0.29, 0.717) is 73.8 Å². The van der Waals surface area contributed by atoms with E-state index >= 15 is 0 Å². The predicted molar refractivity (Wildman–Crippen MR) is 318 cm³/mol. The number of nitrogens with one attached hydrogen (secondary N) is 1. The van der Waals surface area contributed by atoms with Crippen LogP contribution in [0.25, 0.3) is 43.4 Å². The smallest absolute Gasteiger partial charge is 0.416 e. The summed E-state index contributed by atoms with van der Waals surface area (Å²) in [6.45, 7) is 15.7. The van der Waals surface area contributed by atoms with E-state index in [4.69, 9.17) is 50.2 Å². The van der Waals surface area contributed by atoms with Crippen LogP contribution in [0.1, 0.15) is 92.4 Å². The third-order valence-electron chi connectivity index (χ3n) is 16.6. The van der Waals surface area contributed by atoms with Crippen molar-refractivity contribution in [3.63, 3.8) is 0 Å². The normalized spacial score (nSPS) is 23.1. The molecule has 14 nitrogen and oxygen atoms in total. The first-order valence-corrected chi connectivity index (χ1v) is 29.8. The fourth-order valence-electron chi connectivity index (χ4n) is 12.4. The number of hydrogen-bond donors (Lipinski definition) is 6. The first-order chi connectivity index (χ1) is 39.1. The maximum Gasteiger partial charge on any atom is 0.416 e. The lowest BCUT2D eigenvalue weighted by Gasteiger charge is -2.50. The number of nitrogens with zero attached hydrogens (tertiary/aromatic N) is 4. The number of benzene rings is 5. The zero-order valence-electron chi connectivity index (χ0n) is 46.2. The number of aliphatic hydroxyl groups is 3. The molecule has 0 radical (unpaired) electrons. The Kier molecular flexibility index (Phi) is 21.0. The standard InChI is InChI=1S/C22H22Cl2F3NO.2C20H24N2O2.H2O4S/c1-2-3-7-28-8-6-21(29)19-12-18-17(10-14(23)11-20(18)24)16-9-13(22(25,26)27)4-5-15(16)19;2*1-3-13-12-22-9-7-14(13)10-19(22)20(23)16-6-8-21-18-5-4-15(24-2)11-17(16)18;1-5(2,3)4/h4-5,9-12,21,28-29H,2-3,6-8H2,1H3;2*3-6,8,11,13-14,19-20,23H,1,7,9-10,12H2,2H3;(H2,1,2,3,4)/t;2*13-,14-,19-,20+;/m.00./s1. The van der Waals surface area contributed by atoms with Gasteiger partial charge in [0.1, 0.15) is 11.5 Å². The molecule has 0 aliphatic carbocycles. The number of fused-ring (bicyclic) bond motifs is 11. The molecule has 2 aromatic heterocycles. The highest BCUT2D eigenvalue weighted by atomic mass is 35.5. The molecule has 11 atom stereocenters. The van der Waals surface area contributed by atoms with Crippen LogP contribution < -0.4 is 14.8 Å². The summed E-state index contributed by atoms with van der Waals surface area (Å²) in [6, 6.07) is 24.4. The molecule has 440 valence electrons. The molecular formula is C62H72Cl2F3N5O9S. The van der Waals surface area contributed by atoms with Crippen LogP contribution in [0.3, 0.4) is 0 Å². The summed E-state index contributed by atoms with van der Waals surface area (Å²) in [5.74, 6) is 4.01. The van der Waals surface area contributed by atoms with Gasteiger partial charge in [0.2, 0.25) is 0 Å². The van der Waals surface area contributed by atoms with Gasteiger partial charge >= 0.3 is 16.6 Å². The summed E-state index contributed by atoms with van der Waals surface area (Å²) in [4.78, 5) is 13.7. The second-order valence-electron chi connectivity index (χ2n) is 21.5. The van der Waals surface area contributed by atoms with Crippen molar-refractivity contribution in [1.29, 1.82) is 0 Å². The van der Waals surface area contributed by atoms with Gasteiger partial charge < -0.3 is 30.1 Å². The van der Waals surface area contributed by atoms with Gasteiger partial charge in [0, 0.05) is 63.8 Å². The van der Waals surface area contributed by atoms with E-state index in [2.05, 4.69) is 57.3 Å². The van der Waals surface area contributed by atoms with Crippen LogP contribution in [-0.2, 0) is 16.6 Å². The van der Waals surface area contributed by atoms with Gasteiger partial charge in [-0.3, -0.25) is 28.9 Å². The summed E-state index contributed by atoms with van der Waals surface area (Å²) < 4.78 is 82.2. The monoisotopic (exact) mass is 1190 g/mol. The fourth-order valence-corrected chi connectivity index (χ4v) is 12.9. The molecule has 8 heterocycles. The number of rotatable bonds is 15. The molecule has 6 aliphatic rings. The molecule has 6 fully saturated rings. The Morgan fingerprint density at radius 1 is 0.695 bits per heavy atom. The third-order valence-corrected chi connectivity index (χ3v) is 17.2. The number of unbranched alkanes of at least 4 members (excludes halogenated alkanes) is 1. The number of halogens is 5. The highest BCUT2D eigenvalue weighted by Crippen LogP contribution is 2.45. The fraction of sp³-hybridized carbons (Fsp3) is 0.419. The summed E-state index contributed by atoms with van der Waals surface area (Å²) in [6.07, 6.45) is 8.50. The van der Waals surface area contributed by atoms with Gasteiger partial charge in [0.05, 0.1) is 49.1 Å². The third kappa shape index (κ3) is 14.9. The van der Waals surface area contributed by atoms with Crippen molar-refractivity contribution in [2.24, 2.45) is 23.7 Å². The quantitative estimate of drug-likeness (QED) is 0.0245. The van der Waals surface area contributed by atoms with Crippen molar-refractivity contribution < 1.29 is 55.5 Å². The highest BCUT2D eigenvalue weighted by Gasteiger charge is 2.44. The number of piperidine rings is 6. The van der Waals surface area contributed by atoms with Crippen molar-refractivity contribution in [3.05, 3.63) is 155 Å². The van der Waals surface area contributed by atoms with Crippen molar-refractivity contribution in [2.45, 2.75) is 88.4 Å². The van der Waals surface area contributed by atoms with Crippen LogP contribution in [0.4, 0.5) is 13.2 Å². The van der Waals surface area contributed by atoms with E-state index in [1.165, 1.54) is 18.9 Å². The Hall–Kier alpha value is -5.48. The number of hydrogen-bond acceptors (Lipinski definition) is 12. The Labute approximate surface area is 487 Å². The van der Waals surface area contributed by atoms with Crippen molar-refractivity contribution in [1.82, 2.24) is 25.1 Å². The van der Waals surface area contributed by atoms with Crippen LogP contribution in [0, 0.1) is 23.7 Å². The lowest BCUT2D eigenvalue weighted by molar-refractivity contribution is -0.137. The molecule has 3 unspecified atom stereocenters. The van der Waals surface area contributed by atoms with Crippen LogP contribution in [0.5, 0.6) is 11.5 Å². The van der Waals surface area contributed by atoms with Gasteiger partial charge in [-0.1, -0.05) is 54.8 Å². The molecule has 5 aromatic carbocycles. The lowest BCUT2D eigenvalue weighted by atomic mass is 9.73. The molecule has 0 saturated carbocycles. The van der Waals surface area contributed by atoms with E-state index < -0.39 is 40.5 Å². The Balaban J connectivity index is 0.000000155. The van der Waals surface area contributed by atoms with Crippen LogP contribution in [-0.4, -0.2) is 118 Å². The minimum atomic E-state index is -4.67. The number of ether oxygens (including phenoxy) is 2. The Morgan fingerprint density at radius 3 is 1.66 bits per heavy atom. The van der Waals surface area contributed by atoms with Gasteiger partial charge in [0.15, 0.2) is 0 Å². The number of aliphatic hydroxyl groups excluding tert-OH is 3. The second kappa shape index (κ2) is 27.5. The minimum absolute atomic E-state index is 0.178. The number of pyridine rings is 2. The SMILES string of the molecule is C=C[C@H]1CN2CC[C@H]1C[C@H]2[C@H](O)c1ccnc2ccc(OC)cc12.C=C[C@H]1CN2CC[C@H]1C[C@H]2[C@H](O)c1ccnc2ccc(OC)cc12.CCCCNCCC(O)c1cc2c(Cl)cc(Cl)cc2c2cc(C(F)(F)F)ccc12.O=S(=O)(O)O. The molecular weight excluding hydrogens is 1120 g/mol. The summed E-state index contributed by atoms with van der Waals surface area (Å²) in [5, 5.41) is 41.0. The Morgan fingerprint density at radius 2 is 1.21 bits per heavy atom. The van der Waals surface area contributed by atoms with Crippen LogP contribution in [0.15, 0.2) is 123 Å². The molecule has 20 heteroatoms. The molecule has 13 rings (SSSR count). The minimum Gasteiger partial charge on any atom is -0.497 e. The molecule has 0 spiro atoms. The average Bonchev–Trinajstić information content (AvgIpc) is 3.52. The number of alkyl halides is 3. The highest BCUT2D eigenvalue weighted by molar-refractivity contribution is 7.79. The van der Waals surface area contributed by atoms with Crippen LogP contribution in [0.2, 0.25) is 10.0 Å². The van der Waals surface area contributed by atoms with E-state index in [1.807, 2.05) is 48.5 Å². The molecule has 6 N–H and O–H groups in total. The zero-order valence-corrected chi connectivity index (χ0v) is 48.5. The van der Waals surface area contributed by atoms with Crippen molar-refractivity contribution >= 4 is 77.0 Å². The molecule has 6 aliphatic heterocycles. The van der Waals surface area contributed by atoms with E-state index in [1.54, 1.807) is 44.8 Å². The number of aromatic nitrogens is 2. The van der Waals surface area contributed by atoms with Gasteiger partial charge in [-0.05, 0) is 200 Å². The molecule has 4 bridgehead atoms. The topological polar surface area (TPSA) is 198 Å². The predicted octanol–water partition coefficient (Wildman–Crippen LogP) is 12.8. The van der Waals surface area contributed by atoms with Gasteiger partial charge in [-0.25, -0.2) is 0 Å². The molecule has 0 amide bonds. The van der Waals surface area contributed by atoms with E-state index in [-0.39, 0.29) is 12.1 Å². The van der Waals surface area contributed by atoms with Crippen LogP contribution >= 0.6 is 23.2 Å². The van der Waals surface area contributed by atoms with Crippen molar-refractivity contribution in [2.75, 3.05) is 53.5 Å². The lowest BCUT2D eigenvalue weighted by Crippen LogP contribution is -2.54. The number of methoxy groups -OCH3 is 2. The van der Waals surface area contributed by atoms with Gasteiger partial charge in [-0.2, -0.15) is 21.6 Å². The maximum absolute atomic E-state index is 13.3. The summed E-state index contributed by atoms with van der Waals surface area (Å²) in [5.41, 5.74) is 3.50.